The third kappa shape index (κ3) is 4.23. The summed E-state index contributed by atoms with van der Waals surface area (Å²) in [5.41, 5.74) is -1.02. The summed E-state index contributed by atoms with van der Waals surface area (Å²) in [6.07, 6.45) is 1.08. The number of esters is 2. The number of pyridine rings is 2. The van der Waals surface area contributed by atoms with Gasteiger partial charge in [-0.3, -0.25) is 28.7 Å². The lowest BCUT2D eigenvalue weighted by atomic mass is 9.85. The molecule has 0 aliphatic carbocycles. The van der Waals surface area contributed by atoms with E-state index in [9.17, 15) is 28.8 Å². The van der Waals surface area contributed by atoms with Gasteiger partial charge >= 0.3 is 17.6 Å². The van der Waals surface area contributed by atoms with Gasteiger partial charge in [-0.1, -0.05) is 6.92 Å². The Labute approximate surface area is 245 Å². The zero-order valence-corrected chi connectivity index (χ0v) is 23.1. The number of H-pyrrole nitrogens is 1. The first kappa shape index (κ1) is 27.1. The maximum absolute atomic E-state index is 13.7. The number of hydrogen-bond acceptors (Lipinski definition) is 11. The Morgan fingerprint density at radius 2 is 1.89 bits per heavy atom. The molecule has 224 valence electrons. The fraction of sp³-hybridized carbons (Fsp3) is 0.276. The molecular weight excluding hydrogens is 578 g/mol. The van der Waals surface area contributed by atoms with Crippen molar-refractivity contribution < 1.29 is 33.3 Å². The first-order valence-electron chi connectivity index (χ1n) is 13.6. The van der Waals surface area contributed by atoms with Crippen LogP contribution in [0.25, 0.3) is 22.3 Å². The van der Waals surface area contributed by atoms with Crippen LogP contribution in [-0.4, -0.2) is 50.3 Å². The maximum Gasteiger partial charge on any atom is 0.355 e. The van der Waals surface area contributed by atoms with E-state index in [2.05, 4.69) is 5.32 Å². The number of fused-ring (bicyclic) bond motifs is 6. The van der Waals surface area contributed by atoms with Gasteiger partial charge in [0, 0.05) is 34.8 Å². The fourth-order valence-corrected chi connectivity index (χ4v) is 5.71. The number of aromatic nitrogens is 4. The summed E-state index contributed by atoms with van der Waals surface area (Å²) in [6, 6.07) is 8.21. The van der Waals surface area contributed by atoms with Gasteiger partial charge in [0.05, 0.1) is 29.0 Å². The monoisotopic (exact) mass is 601 g/mol. The zero-order chi connectivity index (χ0) is 30.7. The lowest BCUT2D eigenvalue weighted by molar-refractivity contribution is -0.189. The lowest BCUT2D eigenvalue weighted by Gasteiger charge is -2.35. The highest BCUT2D eigenvalue weighted by atomic mass is 16.7. The smallest absolute Gasteiger partial charge is 0.355 e. The van der Waals surface area contributed by atoms with Gasteiger partial charge in [-0.2, -0.15) is 0 Å². The number of cyclic esters (lactones) is 1. The minimum absolute atomic E-state index is 0.0599. The van der Waals surface area contributed by atoms with Crippen LogP contribution in [0, 0.1) is 0 Å². The van der Waals surface area contributed by atoms with E-state index in [1.165, 1.54) is 4.57 Å². The van der Waals surface area contributed by atoms with Gasteiger partial charge in [0.2, 0.25) is 18.3 Å². The van der Waals surface area contributed by atoms with Gasteiger partial charge in [0.15, 0.2) is 11.5 Å². The van der Waals surface area contributed by atoms with Crippen molar-refractivity contribution >= 4 is 28.7 Å². The first-order valence-corrected chi connectivity index (χ1v) is 13.6. The first-order chi connectivity index (χ1) is 21.2. The predicted molar refractivity (Wildman–Crippen MR) is 149 cm³/mol. The summed E-state index contributed by atoms with van der Waals surface area (Å²) in [5.74, 6) is -1.38. The summed E-state index contributed by atoms with van der Waals surface area (Å²) in [6.45, 7) is 0.548. The molecule has 44 heavy (non-hydrogen) atoms. The second-order valence-electron chi connectivity index (χ2n) is 10.5. The highest BCUT2D eigenvalue weighted by Crippen LogP contribution is 2.42. The van der Waals surface area contributed by atoms with Gasteiger partial charge in [-0.25, -0.2) is 14.6 Å². The molecule has 0 saturated carbocycles. The molecule has 0 fully saturated rings. The summed E-state index contributed by atoms with van der Waals surface area (Å²) in [5, 5.41) is 3.14. The molecule has 4 aromatic rings. The van der Waals surface area contributed by atoms with Crippen LogP contribution in [0.2, 0.25) is 0 Å². The molecule has 3 aromatic heterocycles. The number of nitrogens with one attached hydrogen (secondary N) is 2. The van der Waals surface area contributed by atoms with E-state index in [4.69, 9.17) is 23.9 Å². The van der Waals surface area contributed by atoms with E-state index in [1.54, 1.807) is 19.1 Å². The predicted octanol–water partition coefficient (Wildman–Crippen LogP) is 0.0256. The summed E-state index contributed by atoms with van der Waals surface area (Å²) in [7, 11) is 0. The largest absolute Gasteiger partial charge is 0.457 e. The molecule has 15 heteroatoms. The standard InChI is InChI=1S/C29H23N5O10/c1-2-29(44-24(37)9-30-23(36)11-33-4-3-22(35)32-28(33)40)17-7-19-25-15(10-34(19)26(38)16(17)12-41-27(29)39)5-14-6-20-21(43-13-42-20)8-18(14)31-25/h3-8H,2,9-13H2,1H3,(H,30,36)(H,32,35,40)/t29-/m0/s1. The number of benzene rings is 1. The van der Waals surface area contributed by atoms with Crippen molar-refractivity contribution in [2.75, 3.05) is 13.3 Å². The van der Waals surface area contributed by atoms with Crippen LogP contribution in [-0.2, 0) is 49.2 Å². The Morgan fingerprint density at radius 1 is 1.09 bits per heavy atom. The second kappa shape index (κ2) is 9.93. The van der Waals surface area contributed by atoms with E-state index >= 15 is 0 Å². The molecule has 0 saturated heterocycles. The van der Waals surface area contributed by atoms with E-state index in [0.717, 1.165) is 27.8 Å². The van der Waals surface area contributed by atoms with E-state index in [-0.39, 0.29) is 37.5 Å². The molecule has 0 spiro atoms. The van der Waals surface area contributed by atoms with Crippen LogP contribution in [0.1, 0.15) is 30.0 Å². The average Bonchev–Trinajstić information content (AvgIpc) is 3.60. The molecule has 3 aliphatic rings. The number of hydrogen-bond donors (Lipinski definition) is 2. The van der Waals surface area contributed by atoms with Crippen molar-refractivity contribution in [2.45, 2.75) is 38.6 Å². The molecule has 0 radical (unpaired) electrons. The Kier molecular flexibility index (Phi) is 6.12. The SMILES string of the molecule is CC[C@@]1(OC(=O)CNC(=O)Cn2ccc(=O)[nH]c2=O)C(=O)OCc2c1cc1n(c2=O)Cc2cc3cc4c(cc3nc2-1)OCO4. The van der Waals surface area contributed by atoms with Gasteiger partial charge in [-0.15, -0.1) is 0 Å². The lowest BCUT2D eigenvalue weighted by Crippen LogP contribution is -2.49. The van der Waals surface area contributed by atoms with Crippen LogP contribution in [0.3, 0.4) is 0 Å². The topological polar surface area (TPSA) is 190 Å². The molecule has 0 unspecified atom stereocenters. The molecule has 15 nitrogen and oxygen atoms in total. The number of amides is 1. The minimum Gasteiger partial charge on any atom is -0.457 e. The van der Waals surface area contributed by atoms with Crippen molar-refractivity contribution in [3.8, 4) is 22.9 Å². The maximum atomic E-state index is 13.7. The number of ether oxygens (including phenoxy) is 4. The van der Waals surface area contributed by atoms with Crippen LogP contribution in [0.5, 0.6) is 11.5 Å². The second-order valence-corrected chi connectivity index (χ2v) is 10.5. The molecule has 6 heterocycles. The van der Waals surface area contributed by atoms with Gasteiger partial charge in [0.25, 0.3) is 11.1 Å². The van der Waals surface area contributed by atoms with E-state index in [0.29, 0.717) is 28.4 Å². The Hall–Kier alpha value is -5.73. The van der Waals surface area contributed by atoms with Crippen LogP contribution in [0.4, 0.5) is 0 Å². The molecule has 0 bridgehead atoms. The highest BCUT2D eigenvalue weighted by Gasteiger charge is 2.50. The molecule has 1 aromatic carbocycles. The zero-order valence-electron chi connectivity index (χ0n) is 23.1. The third-order valence-corrected chi connectivity index (χ3v) is 7.90. The molecule has 1 atom stereocenters. The van der Waals surface area contributed by atoms with Crippen molar-refractivity contribution in [3.63, 3.8) is 0 Å². The summed E-state index contributed by atoms with van der Waals surface area (Å²) < 4.78 is 24.5. The number of carbonyl (C=O) groups excluding carboxylic acids is 3. The highest BCUT2D eigenvalue weighted by molar-refractivity contribution is 5.90. The minimum atomic E-state index is -1.95. The third-order valence-electron chi connectivity index (χ3n) is 7.90. The molecule has 1 amide bonds. The number of aromatic amines is 1. The normalized spacial score (nSPS) is 17.4. The number of carbonyl (C=O) groups is 3. The Balaban J connectivity index is 1.19. The van der Waals surface area contributed by atoms with Crippen LogP contribution >= 0.6 is 0 Å². The van der Waals surface area contributed by atoms with E-state index < -0.39 is 53.3 Å². The van der Waals surface area contributed by atoms with Crippen LogP contribution in [0.15, 0.2) is 50.9 Å². The number of rotatable bonds is 6. The molecule has 3 aliphatic heterocycles. The van der Waals surface area contributed by atoms with Crippen molar-refractivity contribution in [3.05, 3.63) is 84.4 Å². The Morgan fingerprint density at radius 3 is 2.66 bits per heavy atom. The van der Waals surface area contributed by atoms with Gasteiger partial charge in [-0.05, 0) is 24.6 Å². The van der Waals surface area contributed by atoms with Gasteiger partial charge in [0.1, 0.15) is 19.7 Å². The van der Waals surface area contributed by atoms with Gasteiger partial charge < -0.3 is 28.8 Å². The fourth-order valence-electron chi connectivity index (χ4n) is 5.71. The quantitative estimate of drug-likeness (QED) is 0.250. The number of nitrogens with zero attached hydrogens (tertiary/aromatic N) is 3. The average molecular weight is 602 g/mol. The van der Waals surface area contributed by atoms with Crippen molar-refractivity contribution in [1.82, 2.24) is 24.4 Å². The van der Waals surface area contributed by atoms with Crippen molar-refractivity contribution in [2.24, 2.45) is 0 Å². The molecular formula is C29H23N5O10. The molecule has 7 rings (SSSR count). The Bertz CT molecular complexity index is 2110. The van der Waals surface area contributed by atoms with Crippen molar-refractivity contribution in [1.29, 1.82) is 0 Å². The van der Waals surface area contributed by atoms with E-state index in [1.807, 2.05) is 17.1 Å². The summed E-state index contributed by atoms with van der Waals surface area (Å²) in [4.78, 5) is 82.2. The molecule has 2 N–H and O–H groups in total. The van der Waals surface area contributed by atoms with Crippen LogP contribution < -0.4 is 31.6 Å². The summed E-state index contributed by atoms with van der Waals surface area (Å²) >= 11 is 0.